The predicted octanol–water partition coefficient (Wildman–Crippen LogP) is 2.18. The standard InChI is InChI=1S/C9H12BrNO/c1-6-3-7(5-11-2)9(12)8(10)4-6/h3-4,11-12H,5H2,1-2H3. The molecule has 3 heteroatoms. The molecule has 0 atom stereocenters. The van der Waals surface area contributed by atoms with Gasteiger partial charge in [0.15, 0.2) is 0 Å². The summed E-state index contributed by atoms with van der Waals surface area (Å²) in [4.78, 5) is 0. The number of hydrogen-bond acceptors (Lipinski definition) is 2. The second-order valence-corrected chi connectivity index (χ2v) is 3.64. The number of hydrogen-bond donors (Lipinski definition) is 2. The van der Waals surface area contributed by atoms with Gasteiger partial charge in [-0.3, -0.25) is 0 Å². The first-order chi connectivity index (χ1) is 5.65. The van der Waals surface area contributed by atoms with Gasteiger partial charge in [0.1, 0.15) is 5.75 Å². The topological polar surface area (TPSA) is 32.3 Å². The number of phenols is 1. The number of phenolic OH excluding ortho intramolecular Hbond substituents is 1. The van der Waals surface area contributed by atoms with Gasteiger partial charge in [0, 0.05) is 12.1 Å². The van der Waals surface area contributed by atoms with Crippen molar-refractivity contribution >= 4 is 15.9 Å². The number of aromatic hydroxyl groups is 1. The molecule has 0 spiro atoms. The molecule has 1 aromatic rings. The number of rotatable bonds is 2. The molecule has 0 amide bonds. The number of nitrogens with one attached hydrogen (secondary N) is 1. The molecule has 1 rings (SSSR count). The minimum absolute atomic E-state index is 0.329. The normalized spacial score (nSPS) is 10.2. The van der Waals surface area contributed by atoms with E-state index in [4.69, 9.17) is 0 Å². The van der Waals surface area contributed by atoms with E-state index in [1.54, 1.807) is 0 Å². The second-order valence-electron chi connectivity index (χ2n) is 2.78. The smallest absolute Gasteiger partial charge is 0.134 e. The molecule has 66 valence electrons. The van der Waals surface area contributed by atoms with Gasteiger partial charge in [-0.1, -0.05) is 6.07 Å². The van der Waals surface area contributed by atoms with Gasteiger partial charge >= 0.3 is 0 Å². The van der Waals surface area contributed by atoms with Crippen LogP contribution < -0.4 is 5.32 Å². The lowest BCUT2D eigenvalue weighted by Crippen LogP contribution is -2.05. The van der Waals surface area contributed by atoms with Crippen LogP contribution in [0.15, 0.2) is 16.6 Å². The lowest BCUT2D eigenvalue weighted by atomic mass is 10.1. The molecule has 0 aliphatic carbocycles. The van der Waals surface area contributed by atoms with Crippen LogP contribution in [0.1, 0.15) is 11.1 Å². The quantitative estimate of drug-likeness (QED) is 0.816. The number of aryl methyl sites for hydroxylation is 1. The van der Waals surface area contributed by atoms with Gasteiger partial charge in [0.25, 0.3) is 0 Å². The lowest BCUT2D eigenvalue weighted by molar-refractivity contribution is 0.462. The first-order valence-corrected chi connectivity index (χ1v) is 4.57. The third-order valence-corrected chi connectivity index (χ3v) is 2.26. The van der Waals surface area contributed by atoms with E-state index in [9.17, 15) is 5.11 Å². The third kappa shape index (κ3) is 1.99. The maximum absolute atomic E-state index is 9.57. The molecule has 0 fully saturated rings. The summed E-state index contributed by atoms with van der Waals surface area (Å²) in [6, 6.07) is 3.87. The molecule has 0 aromatic heterocycles. The molecular formula is C9H12BrNO. The summed E-state index contributed by atoms with van der Waals surface area (Å²) in [5.41, 5.74) is 2.06. The minimum Gasteiger partial charge on any atom is -0.506 e. The Bertz CT molecular complexity index is 286. The van der Waals surface area contributed by atoms with E-state index in [1.807, 2.05) is 26.1 Å². The van der Waals surface area contributed by atoms with Crippen LogP contribution in [0.5, 0.6) is 5.75 Å². The van der Waals surface area contributed by atoms with Crippen LogP contribution in [-0.4, -0.2) is 12.2 Å². The zero-order valence-corrected chi connectivity index (χ0v) is 8.77. The van der Waals surface area contributed by atoms with Crippen molar-refractivity contribution < 1.29 is 5.11 Å². The lowest BCUT2D eigenvalue weighted by Gasteiger charge is -2.06. The SMILES string of the molecule is CNCc1cc(C)cc(Br)c1O. The van der Waals surface area contributed by atoms with Crippen molar-refractivity contribution in [2.24, 2.45) is 0 Å². The summed E-state index contributed by atoms with van der Waals surface area (Å²) < 4.78 is 0.757. The van der Waals surface area contributed by atoms with Gasteiger partial charge in [-0.15, -0.1) is 0 Å². The summed E-state index contributed by atoms with van der Waals surface area (Å²) in [5.74, 6) is 0.329. The third-order valence-electron chi connectivity index (χ3n) is 1.65. The fourth-order valence-corrected chi connectivity index (χ4v) is 1.75. The molecule has 0 aliphatic heterocycles. The Morgan fingerprint density at radius 1 is 1.50 bits per heavy atom. The Morgan fingerprint density at radius 3 is 2.75 bits per heavy atom. The molecule has 1 aromatic carbocycles. The summed E-state index contributed by atoms with van der Waals surface area (Å²) in [5, 5.41) is 12.6. The summed E-state index contributed by atoms with van der Waals surface area (Å²) >= 11 is 3.29. The molecule has 0 unspecified atom stereocenters. The molecule has 0 saturated heterocycles. The summed E-state index contributed by atoms with van der Waals surface area (Å²) in [6.45, 7) is 2.69. The van der Waals surface area contributed by atoms with Crippen molar-refractivity contribution in [3.63, 3.8) is 0 Å². The van der Waals surface area contributed by atoms with Crippen LogP contribution in [0.2, 0.25) is 0 Å². The molecule has 2 N–H and O–H groups in total. The van der Waals surface area contributed by atoms with Crippen molar-refractivity contribution in [1.29, 1.82) is 0 Å². The Labute approximate surface area is 80.7 Å². The van der Waals surface area contributed by atoms with E-state index < -0.39 is 0 Å². The van der Waals surface area contributed by atoms with Gasteiger partial charge in [0.2, 0.25) is 0 Å². The molecule has 2 nitrogen and oxygen atoms in total. The van der Waals surface area contributed by atoms with Gasteiger partial charge in [-0.05, 0) is 41.5 Å². The van der Waals surface area contributed by atoms with Gasteiger partial charge in [-0.25, -0.2) is 0 Å². The first kappa shape index (κ1) is 9.55. The van der Waals surface area contributed by atoms with Crippen molar-refractivity contribution in [1.82, 2.24) is 5.32 Å². The van der Waals surface area contributed by atoms with Crippen molar-refractivity contribution in [3.05, 3.63) is 27.7 Å². The van der Waals surface area contributed by atoms with Crippen molar-refractivity contribution in [2.75, 3.05) is 7.05 Å². The average Bonchev–Trinajstić information content (AvgIpc) is 2.00. The average molecular weight is 230 g/mol. The Hall–Kier alpha value is -0.540. The highest BCUT2D eigenvalue weighted by atomic mass is 79.9. The van der Waals surface area contributed by atoms with E-state index in [0.717, 1.165) is 15.6 Å². The molecule has 0 radical (unpaired) electrons. The van der Waals surface area contributed by atoms with Crippen molar-refractivity contribution in [3.8, 4) is 5.75 Å². The molecule has 0 bridgehead atoms. The zero-order valence-electron chi connectivity index (χ0n) is 7.19. The molecular weight excluding hydrogens is 218 g/mol. The second kappa shape index (κ2) is 3.92. The Kier molecular flexibility index (Phi) is 3.12. The fourth-order valence-electron chi connectivity index (χ4n) is 1.13. The molecule has 0 heterocycles. The van der Waals surface area contributed by atoms with Crippen LogP contribution in [-0.2, 0) is 6.54 Å². The highest BCUT2D eigenvalue weighted by Crippen LogP contribution is 2.28. The minimum atomic E-state index is 0.329. The Balaban J connectivity index is 3.09. The van der Waals surface area contributed by atoms with Gasteiger partial charge in [0.05, 0.1) is 4.47 Å². The van der Waals surface area contributed by atoms with E-state index in [2.05, 4.69) is 21.2 Å². The predicted molar refractivity (Wildman–Crippen MR) is 53.3 cm³/mol. The van der Waals surface area contributed by atoms with Crippen LogP contribution in [0.3, 0.4) is 0 Å². The zero-order chi connectivity index (χ0) is 9.14. The Morgan fingerprint density at radius 2 is 2.17 bits per heavy atom. The number of halogens is 1. The van der Waals surface area contributed by atoms with Crippen molar-refractivity contribution in [2.45, 2.75) is 13.5 Å². The van der Waals surface area contributed by atoms with Crippen LogP contribution >= 0.6 is 15.9 Å². The van der Waals surface area contributed by atoms with E-state index in [-0.39, 0.29) is 0 Å². The van der Waals surface area contributed by atoms with Gasteiger partial charge in [-0.2, -0.15) is 0 Å². The largest absolute Gasteiger partial charge is 0.506 e. The maximum Gasteiger partial charge on any atom is 0.134 e. The first-order valence-electron chi connectivity index (χ1n) is 3.77. The highest BCUT2D eigenvalue weighted by molar-refractivity contribution is 9.10. The van der Waals surface area contributed by atoms with Crippen LogP contribution in [0.25, 0.3) is 0 Å². The monoisotopic (exact) mass is 229 g/mol. The van der Waals surface area contributed by atoms with Crippen LogP contribution in [0.4, 0.5) is 0 Å². The summed E-state index contributed by atoms with van der Waals surface area (Å²) in [6.07, 6.45) is 0. The number of benzene rings is 1. The summed E-state index contributed by atoms with van der Waals surface area (Å²) in [7, 11) is 1.86. The van der Waals surface area contributed by atoms with E-state index >= 15 is 0 Å². The molecule has 0 aliphatic rings. The van der Waals surface area contributed by atoms with Crippen LogP contribution in [0, 0.1) is 6.92 Å². The molecule has 0 saturated carbocycles. The van der Waals surface area contributed by atoms with E-state index in [0.29, 0.717) is 12.3 Å². The highest BCUT2D eigenvalue weighted by Gasteiger charge is 2.04. The van der Waals surface area contributed by atoms with Gasteiger partial charge < -0.3 is 10.4 Å². The molecule has 12 heavy (non-hydrogen) atoms. The van der Waals surface area contributed by atoms with E-state index in [1.165, 1.54) is 0 Å². The maximum atomic E-state index is 9.57. The fraction of sp³-hybridized carbons (Fsp3) is 0.333.